The Morgan fingerprint density at radius 1 is 1.19 bits per heavy atom. The molecule has 0 aliphatic carbocycles. The molecule has 0 radical (unpaired) electrons. The Morgan fingerprint density at radius 2 is 1.94 bits per heavy atom. The van der Waals surface area contributed by atoms with Crippen molar-refractivity contribution in [1.82, 2.24) is 4.90 Å². The van der Waals surface area contributed by atoms with E-state index >= 15 is 0 Å². The minimum Gasteiger partial charge on any atom is -0.507 e. The summed E-state index contributed by atoms with van der Waals surface area (Å²) < 4.78 is 11.0. The summed E-state index contributed by atoms with van der Waals surface area (Å²) in [6, 6.07) is 13.8. The van der Waals surface area contributed by atoms with Crippen molar-refractivity contribution in [3.8, 4) is 5.75 Å². The van der Waals surface area contributed by atoms with Crippen LogP contribution in [0.4, 0.5) is 5.69 Å². The van der Waals surface area contributed by atoms with Crippen LogP contribution in [0, 0.1) is 0 Å². The van der Waals surface area contributed by atoms with Crippen molar-refractivity contribution in [3.05, 3.63) is 65.2 Å². The molecule has 2 fully saturated rings. The Morgan fingerprint density at radius 3 is 2.56 bits per heavy atom. The number of Topliss-reactive ketones (excluding diaryl/α,β-unsaturated/α-hetero) is 1. The fraction of sp³-hybridized carbons (Fsp3) is 0.360. The summed E-state index contributed by atoms with van der Waals surface area (Å²) in [7, 11) is 5.43. The average molecular weight is 437 g/mol. The number of nitrogens with zero attached hydrogens (tertiary/aromatic N) is 2. The smallest absolute Gasteiger partial charge is 0.295 e. The largest absolute Gasteiger partial charge is 0.507 e. The van der Waals surface area contributed by atoms with Crippen molar-refractivity contribution < 1.29 is 24.2 Å². The first-order valence-electron chi connectivity index (χ1n) is 10.7. The number of ketones is 1. The number of amides is 1. The first kappa shape index (κ1) is 21.9. The summed E-state index contributed by atoms with van der Waals surface area (Å²) in [5.74, 6) is -0.968. The van der Waals surface area contributed by atoms with Crippen LogP contribution < -0.4 is 9.64 Å². The minimum absolute atomic E-state index is 0.0823. The molecule has 0 spiro atoms. The summed E-state index contributed by atoms with van der Waals surface area (Å²) >= 11 is 0. The van der Waals surface area contributed by atoms with Crippen LogP contribution in [-0.4, -0.2) is 62.2 Å². The highest BCUT2D eigenvalue weighted by atomic mass is 16.5. The molecule has 32 heavy (non-hydrogen) atoms. The van der Waals surface area contributed by atoms with Crippen LogP contribution in [0.1, 0.15) is 30.0 Å². The first-order valence-corrected chi connectivity index (χ1v) is 10.7. The molecule has 2 aliphatic rings. The van der Waals surface area contributed by atoms with Crippen LogP contribution in [-0.2, 0) is 14.3 Å². The van der Waals surface area contributed by atoms with Crippen molar-refractivity contribution in [2.45, 2.75) is 25.0 Å². The number of benzene rings is 2. The van der Waals surface area contributed by atoms with Gasteiger partial charge in [0.2, 0.25) is 0 Å². The number of anilines is 1. The molecule has 2 aliphatic heterocycles. The van der Waals surface area contributed by atoms with Crippen LogP contribution in [0.5, 0.6) is 5.75 Å². The first-order chi connectivity index (χ1) is 15.4. The Hall–Kier alpha value is -3.32. The van der Waals surface area contributed by atoms with Gasteiger partial charge < -0.3 is 24.4 Å². The van der Waals surface area contributed by atoms with Gasteiger partial charge in [0.1, 0.15) is 11.5 Å². The zero-order chi connectivity index (χ0) is 22.8. The van der Waals surface area contributed by atoms with Crippen LogP contribution in [0.25, 0.3) is 5.76 Å². The van der Waals surface area contributed by atoms with E-state index in [-0.39, 0.29) is 17.4 Å². The van der Waals surface area contributed by atoms with Crippen LogP contribution in [0.3, 0.4) is 0 Å². The lowest BCUT2D eigenvalue weighted by molar-refractivity contribution is -0.140. The van der Waals surface area contributed by atoms with E-state index < -0.39 is 17.7 Å². The number of likely N-dealkylation sites (tertiary alicyclic amines) is 1. The van der Waals surface area contributed by atoms with E-state index in [4.69, 9.17) is 9.47 Å². The SMILES string of the molecule is COc1cccc(/C(O)=C2/C(=O)C(=O)N(CC3CCCO3)C2c2ccc(N(C)C)cc2)c1. The number of methoxy groups -OCH3 is 1. The summed E-state index contributed by atoms with van der Waals surface area (Å²) in [5.41, 5.74) is 2.27. The molecular formula is C25H28N2O5. The third-order valence-corrected chi connectivity index (χ3v) is 6.03. The maximum atomic E-state index is 13.1. The maximum absolute atomic E-state index is 13.1. The summed E-state index contributed by atoms with van der Waals surface area (Å²) in [5, 5.41) is 11.2. The highest BCUT2D eigenvalue weighted by molar-refractivity contribution is 6.46. The normalized spacial score (nSPS) is 22.4. The van der Waals surface area contributed by atoms with Gasteiger partial charge in [0.15, 0.2) is 0 Å². The van der Waals surface area contributed by atoms with E-state index in [0.29, 0.717) is 24.5 Å². The molecule has 1 amide bonds. The van der Waals surface area contributed by atoms with E-state index in [9.17, 15) is 14.7 Å². The molecule has 7 heteroatoms. The molecule has 2 aromatic carbocycles. The van der Waals surface area contributed by atoms with Gasteiger partial charge in [-0.25, -0.2) is 0 Å². The van der Waals surface area contributed by atoms with Gasteiger partial charge >= 0.3 is 0 Å². The molecule has 0 saturated carbocycles. The van der Waals surface area contributed by atoms with Crippen molar-refractivity contribution in [1.29, 1.82) is 0 Å². The number of rotatable bonds is 6. The van der Waals surface area contributed by atoms with Crippen molar-refractivity contribution in [2.24, 2.45) is 0 Å². The Labute approximate surface area is 187 Å². The Bertz CT molecular complexity index is 1040. The van der Waals surface area contributed by atoms with Crippen LogP contribution in [0.15, 0.2) is 54.1 Å². The second-order valence-corrected chi connectivity index (χ2v) is 8.30. The van der Waals surface area contributed by atoms with E-state index in [2.05, 4.69) is 0 Å². The lowest BCUT2D eigenvalue weighted by Gasteiger charge is -2.28. The van der Waals surface area contributed by atoms with Crippen LogP contribution >= 0.6 is 0 Å². The van der Waals surface area contributed by atoms with Gasteiger partial charge in [-0.1, -0.05) is 24.3 Å². The third kappa shape index (κ3) is 4.08. The van der Waals surface area contributed by atoms with Crippen molar-refractivity contribution in [3.63, 3.8) is 0 Å². The molecule has 2 heterocycles. The highest BCUT2D eigenvalue weighted by Crippen LogP contribution is 2.40. The second-order valence-electron chi connectivity index (χ2n) is 8.30. The van der Waals surface area contributed by atoms with Crippen LogP contribution in [0.2, 0.25) is 0 Å². The average Bonchev–Trinajstić information content (AvgIpc) is 3.41. The number of hydrogen-bond donors (Lipinski definition) is 1. The van der Waals surface area contributed by atoms with E-state index in [1.807, 2.05) is 43.3 Å². The number of ether oxygens (including phenoxy) is 2. The standard InChI is InChI=1S/C25H28N2O5/c1-26(2)18-11-9-16(10-12-18)22-21(23(28)17-6-4-7-19(14-17)31-3)24(29)25(30)27(22)15-20-8-5-13-32-20/h4,6-7,9-12,14,20,22,28H,5,8,13,15H2,1-3H3/b23-21-. The summed E-state index contributed by atoms with van der Waals surface area (Å²) in [4.78, 5) is 29.7. The van der Waals surface area contributed by atoms with Crippen molar-refractivity contribution >= 4 is 23.1 Å². The van der Waals surface area contributed by atoms with Gasteiger partial charge in [-0.15, -0.1) is 0 Å². The van der Waals surface area contributed by atoms with Gasteiger partial charge in [-0.05, 0) is 42.7 Å². The molecule has 2 saturated heterocycles. The van der Waals surface area contributed by atoms with Gasteiger partial charge in [0.05, 0.1) is 24.8 Å². The molecule has 2 aromatic rings. The van der Waals surface area contributed by atoms with Gasteiger partial charge in [-0.2, -0.15) is 0 Å². The molecule has 0 bridgehead atoms. The van der Waals surface area contributed by atoms with E-state index in [1.165, 1.54) is 12.0 Å². The number of carbonyl (C=O) groups excluding carboxylic acids is 2. The topological polar surface area (TPSA) is 79.3 Å². The van der Waals surface area contributed by atoms with E-state index in [1.54, 1.807) is 24.3 Å². The zero-order valence-electron chi connectivity index (χ0n) is 18.6. The predicted octanol–water partition coefficient (Wildman–Crippen LogP) is 3.36. The monoisotopic (exact) mass is 436 g/mol. The molecular weight excluding hydrogens is 408 g/mol. The summed E-state index contributed by atoms with van der Waals surface area (Å²) in [6.45, 7) is 0.958. The molecule has 7 nitrogen and oxygen atoms in total. The number of aliphatic hydroxyl groups excluding tert-OH is 1. The maximum Gasteiger partial charge on any atom is 0.295 e. The van der Waals surface area contributed by atoms with E-state index in [0.717, 1.165) is 24.1 Å². The molecule has 2 atom stereocenters. The summed E-state index contributed by atoms with van der Waals surface area (Å²) in [6.07, 6.45) is 1.65. The fourth-order valence-electron chi connectivity index (χ4n) is 4.30. The Balaban J connectivity index is 1.81. The Kier molecular flexibility index (Phi) is 6.19. The lowest BCUT2D eigenvalue weighted by atomic mass is 9.95. The fourth-order valence-corrected chi connectivity index (χ4v) is 4.30. The molecule has 1 N–H and O–H groups in total. The number of hydrogen-bond acceptors (Lipinski definition) is 6. The lowest BCUT2D eigenvalue weighted by Crippen LogP contribution is -2.36. The van der Waals surface area contributed by atoms with Gasteiger partial charge in [-0.3, -0.25) is 9.59 Å². The molecule has 0 aromatic heterocycles. The zero-order valence-corrected chi connectivity index (χ0v) is 18.6. The molecule has 2 unspecified atom stereocenters. The second kappa shape index (κ2) is 9.04. The van der Waals surface area contributed by atoms with Crippen molar-refractivity contribution in [2.75, 3.05) is 39.3 Å². The predicted molar refractivity (Wildman–Crippen MR) is 122 cm³/mol. The molecule has 4 rings (SSSR count). The quantitative estimate of drug-likeness (QED) is 0.425. The minimum atomic E-state index is -0.693. The van der Waals surface area contributed by atoms with Gasteiger partial charge in [0.25, 0.3) is 11.7 Å². The number of aliphatic hydroxyl groups is 1. The van der Waals surface area contributed by atoms with Gasteiger partial charge in [0, 0.05) is 38.5 Å². The highest BCUT2D eigenvalue weighted by Gasteiger charge is 2.47. The third-order valence-electron chi connectivity index (χ3n) is 6.03. The molecule has 168 valence electrons. The number of carbonyl (C=O) groups is 2.